The van der Waals surface area contributed by atoms with Crippen LogP contribution in [0.5, 0.6) is 0 Å². The van der Waals surface area contributed by atoms with Crippen LogP contribution in [0.2, 0.25) is 0 Å². The van der Waals surface area contributed by atoms with Crippen LogP contribution in [0.15, 0.2) is 91.0 Å². The van der Waals surface area contributed by atoms with E-state index in [0.717, 1.165) is 6.42 Å². The quantitative estimate of drug-likeness (QED) is 0.529. The summed E-state index contributed by atoms with van der Waals surface area (Å²) in [5.41, 5.74) is 3.67. The molecule has 3 aromatic rings. The van der Waals surface area contributed by atoms with Gasteiger partial charge < -0.3 is 4.74 Å². The van der Waals surface area contributed by atoms with Gasteiger partial charge in [0.05, 0.1) is 25.3 Å². The normalized spacial score (nSPS) is 20.9. The molecule has 0 aliphatic carbocycles. The second kappa shape index (κ2) is 9.16. The first-order valence-corrected chi connectivity index (χ1v) is 9.98. The van der Waals surface area contributed by atoms with Gasteiger partial charge in [-0.15, -0.1) is 0 Å². The molecule has 3 nitrogen and oxygen atoms in total. The Bertz CT molecular complexity index is 838. The smallest absolute Gasteiger partial charge is 0.106 e. The molecule has 0 spiro atoms. The molecule has 0 amide bonds. The molecule has 1 saturated heterocycles. The molecular formula is C25H27NO2. The van der Waals surface area contributed by atoms with Crippen LogP contribution < -0.4 is 0 Å². The average molecular weight is 373 g/mol. The first kappa shape index (κ1) is 18.9. The van der Waals surface area contributed by atoms with Crippen molar-refractivity contribution in [1.29, 1.82) is 0 Å². The fraction of sp³-hybridized carbons (Fsp3) is 0.280. The third kappa shape index (κ3) is 4.50. The van der Waals surface area contributed by atoms with Crippen molar-refractivity contribution in [2.45, 2.75) is 38.1 Å². The molecule has 28 heavy (non-hydrogen) atoms. The number of hydrogen-bond donors (Lipinski definition) is 0. The van der Waals surface area contributed by atoms with Crippen LogP contribution in [0.25, 0.3) is 0 Å². The van der Waals surface area contributed by atoms with Gasteiger partial charge in [-0.1, -0.05) is 91.0 Å². The molecule has 1 heterocycles. The highest BCUT2D eigenvalue weighted by Crippen LogP contribution is 2.38. The highest BCUT2D eigenvalue weighted by atomic mass is 16.7. The Balaban J connectivity index is 1.47. The third-order valence-corrected chi connectivity index (χ3v) is 5.35. The van der Waals surface area contributed by atoms with Crippen molar-refractivity contribution in [3.63, 3.8) is 0 Å². The topological polar surface area (TPSA) is 21.7 Å². The first-order valence-electron chi connectivity index (χ1n) is 9.98. The van der Waals surface area contributed by atoms with E-state index in [1.807, 2.05) is 30.3 Å². The number of hydrogen-bond acceptors (Lipinski definition) is 3. The van der Waals surface area contributed by atoms with Crippen LogP contribution in [-0.2, 0) is 16.2 Å². The van der Waals surface area contributed by atoms with Gasteiger partial charge in [-0.05, 0) is 30.0 Å². The monoisotopic (exact) mass is 373 g/mol. The minimum atomic E-state index is 0.0673. The Hall–Kier alpha value is -2.46. The van der Waals surface area contributed by atoms with E-state index in [0.29, 0.717) is 13.2 Å². The Labute approximate surface area is 167 Å². The van der Waals surface area contributed by atoms with Gasteiger partial charge in [0.25, 0.3) is 0 Å². The second-order valence-electron chi connectivity index (χ2n) is 7.34. The zero-order valence-corrected chi connectivity index (χ0v) is 16.3. The molecule has 0 N–H and O–H groups in total. The highest BCUT2D eigenvalue weighted by Gasteiger charge is 2.37. The van der Waals surface area contributed by atoms with Crippen molar-refractivity contribution in [1.82, 2.24) is 5.06 Å². The second-order valence-corrected chi connectivity index (χ2v) is 7.34. The molecule has 0 radical (unpaired) electrons. The Morgan fingerprint density at radius 2 is 1.50 bits per heavy atom. The van der Waals surface area contributed by atoms with Gasteiger partial charge >= 0.3 is 0 Å². The lowest BCUT2D eigenvalue weighted by molar-refractivity contribution is -0.196. The predicted octanol–water partition coefficient (Wildman–Crippen LogP) is 5.71. The van der Waals surface area contributed by atoms with Gasteiger partial charge in [-0.2, -0.15) is 5.06 Å². The van der Waals surface area contributed by atoms with E-state index in [1.54, 1.807) is 0 Å². The molecule has 0 unspecified atom stereocenters. The first-order chi connectivity index (χ1) is 13.8. The molecule has 1 aliphatic heterocycles. The molecule has 0 bridgehead atoms. The van der Waals surface area contributed by atoms with Crippen molar-refractivity contribution in [2.24, 2.45) is 0 Å². The van der Waals surface area contributed by atoms with Crippen molar-refractivity contribution in [2.75, 3.05) is 6.61 Å². The SMILES string of the molecule is C[C@@H](c1ccccc1)N1O[C@@H](c2ccccc2)C[C@@H]1COCc1ccccc1. The molecular weight excluding hydrogens is 346 g/mol. The maximum atomic E-state index is 6.43. The van der Waals surface area contributed by atoms with Gasteiger partial charge in [0, 0.05) is 0 Å². The number of benzene rings is 3. The largest absolute Gasteiger partial charge is 0.375 e. The zero-order valence-electron chi connectivity index (χ0n) is 16.3. The molecule has 3 atom stereocenters. The van der Waals surface area contributed by atoms with Crippen LogP contribution in [0.3, 0.4) is 0 Å². The van der Waals surface area contributed by atoms with Crippen molar-refractivity contribution < 1.29 is 9.57 Å². The van der Waals surface area contributed by atoms with Crippen LogP contribution >= 0.6 is 0 Å². The van der Waals surface area contributed by atoms with Gasteiger partial charge in [0.2, 0.25) is 0 Å². The molecule has 3 heteroatoms. The maximum Gasteiger partial charge on any atom is 0.106 e. The molecule has 1 aliphatic rings. The van der Waals surface area contributed by atoms with E-state index >= 15 is 0 Å². The highest BCUT2D eigenvalue weighted by molar-refractivity contribution is 5.21. The summed E-state index contributed by atoms with van der Waals surface area (Å²) in [4.78, 5) is 6.43. The van der Waals surface area contributed by atoms with Gasteiger partial charge in [-0.25, -0.2) is 0 Å². The Morgan fingerprint density at radius 3 is 2.18 bits per heavy atom. The van der Waals surface area contributed by atoms with E-state index in [9.17, 15) is 0 Å². The lowest BCUT2D eigenvalue weighted by Crippen LogP contribution is -2.34. The molecule has 3 aromatic carbocycles. The zero-order chi connectivity index (χ0) is 19.2. The summed E-state index contributed by atoms with van der Waals surface area (Å²) in [6.07, 6.45) is 0.994. The van der Waals surface area contributed by atoms with Crippen molar-refractivity contribution in [3.8, 4) is 0 Å². The minimum absolute atomic E-state index is 0.0673. The van der Waals surface area contributed by atoms with E-state index in [4.69, 9.17) is 9.57 Å². The molecule has 144 valence electrons. The van der Waals surface area contributed by atoms with Crippen molar-refractivity contribution >= 4 is 0 Å². The summed E-state index contributed by atoms with van der Waals surface area (Å²) in [6.45, 7) is 3.48. The summed E-state index contributed by atoms with van der Waals surface area (Å²) in [5, 5.41) is 2.14. The fourth-order valence-corrected chi connectivity index (χ4v) is 3.81. The summed E-state index contributed by atoms with van der Waals surface area (Å²) in [7, 11) is 0. The van der Waals surface area contributed by atoms with Crippen LogP contribution in [0.1, 0.15) is 42.2 Å². The summed E-state index contributed by atoms with van der Waals surface area (Å²) in [5.74, 6) is 0. The van der Waals surface area contributed by atoms with E-state index < -0.39 is 0 Å². The van der Waals surface area contributed by atoms with Crippen molar-refractivity contribution in [3.05, 3.63) is 108 Å². The van der Waals surface area contributed by atoms with Crippen LogP contribution in [-0.4, -0.2) is 17.7 Å². The fourth-order valence-electron chi connectivity index (χ4n) is 3.81. The number of nitrogens with zero attached hydrogens (tertiary/aromatic N) is 1. The summed E-state index contributed by atoms with van der Waals surface area (Å²) >= 11 is 0. The van der Waals surface area contributed by atoms with E-state index in [1.165, 1.54) is 16.7 Å². The predicted molar refractivity (Wildman–Crippen MR) is 111 cm³/mol. The van der Waals surface area contributed by atoms with Crippen LogP contribution in [0.4, 0.5) is 0 Å². The lowest BCUT2D eigenvalue weighted by Gasteiger charge is -2.29. The average Bonchev–Trinajstić information content (AvgIpc) is 3.19. The summed E-state index contributed by atoms with van der Waals surface area (Å²) < 4.78 is 6.08. The molecule has 0 aromatic heterocycles. The Kier molecular flexibility index (Phi) is 6.17. The molecule has 4 rings (SSSR count). The standard InChI is InChI=1S/C25H27NO2/c1-20(22-13-7-3-8-14-22)26-24(19-27-18-21-11-5-2-6-12-21)17-25(28-26)23-15-9-4-10-16-23/h2-16,20,24-25H,17-19H2,1H3/t20-,24+,25+/m0/s1. The molecule has 1 fully saturated rings. The van der Waals surface area contributed by atoms with Crippen LogP contribution in [0, 0.1) is 0 Å². The number of ether oxygens (including phenoxy) is 1. The van der Waals surface area contributed by atoms with E-state index in [2.05, 4.69) is 72.7 Å². The molecule has 0 saturated carbocycles. The van der Waals surface area contributed by atoms with Gasteiger partial charge in [0.15, 0.2) is 0 Å². The Morgan fingerprint density at radius 1 is 0.893 bits per heavy atom. The van der Waals surface area contributed by atoms with E-state index in [-0.39, 0.29) is 18.2 Å². The third-order valence-electron chi connectivity index (χ3n) is 5.35. The maximum absolute atomic E-state index is 6.43. The number of rotatable bonds is 7. The number of hydroxylamine groups is 2. The summed E-state index contributed by atoms with van der Waals surface area (Å²) in [6, 6.07) is 31.7. The van der Waals surface area contributed by atoms with Gasteiger partial charge in [0.1, 0.15) is 6.10 Å². The lowest BCUT2D eigenvalue weighted by atomic mass is 10.0. The minimum Gasteiger partial charge on any atom is -0.375 e. The van der Waals surface area contributed by atoms with Gasteiger partial charge in [-0.3, -0.25) is 4.84 Å².